The molecule has 1 aromatic heterocycles. The van der Waals surface area contributed by atoms with E-state index in [9.17, 15) is 14.4 Å². The molecule has 1 saturated heterocycles. The van der Waals surface area contributed by atoms with Crippen LogP contribution in [0.1, 0.15) is 27.2 Å². The molecule has 0 bridgehead atoms. The Labute approximate surface area is 145 Å². The first-order valence-electron chi connectivity index (χ1n) is 8.11. The van der Waals surface area contributed by atoms with E-state index >= 15 is 0 Å². The van der Waals surface area contributed by atoms with E-state index in [0.29, 0.717) is 19.6 Å². The molecule has 0 aliphatic carbocycles. The fraction of sp³-hybridized carbons (Fsp3) is 0.333. The number of carbonyl (C=O) groups excluding carboxylic acids is 2. The average molecular weight is 340 g/mol. The molecule has 3 rings (SSSR count). The van der Waals surface area contributed by atoms with Gasteiger partial charge < -0.3 is 14.8 Å². The summed E-state index contributed by atoms with van der Waals surface area (Å²) in [7, 11) is 0. The second-order valence-corrected chi connectivity index (χ2v) is 6.33. The molecule has 7 heteroatoms. The van der Waals surface area contributed by atoms with Crippen molar-refractivity contribution < 1.29 is 9.59 Å². The number of nitrogens with one attached hydrogen (secondary N) is 1. The van der Waals surface area contributed by atoms with Crippen LogP contribution >= 0.6 is 0 Å². The van der Waals surface area contributed by atoms with Gasteiger partial charge in [-0.15, -0.1) is 0 Å². The number of benzene rings is 1. The fourth-order valence-electron chi connectivity index (χ4n) is 3.05. The van der Waals surface area contributed by atoms with E-state index < -0.39 is 0 Å². The summed E-state index contributed by atoms with van der Waals surface area (Å²) in [5.41, 5.74) is 3.19. The Morgan fingerprint density at radius 1 is 1.16 bits per heavy atom. The van der Waals surface area contributed by atoms with Crippen LogP contribution in [-0.2, 0) is 11.3 Å². The van der Waals surface area contributed by atoms with Gasteiger partial charge in [0, 0.05) is 25.8 Å². The van der Waals surface area contributed by atoms with Crippen molar-refractivity contribution in [1.82, 2.24) is 19.8 Å². The van der Waals surface area contributed by atoms with Crippen LogP contribution in [0.2, 0.25) is 0 Å². The summed E-state index contributed by atoms with van der Waals surface area (Å²) >= 11 is 0. The number of amides is 2. The monoisotopic (exact) mass is 340 g/mol. The van der Waals surface area contributed by atoms with Gasteiger partial charge in [0.15, 0.2) is 0 Å². The van der Waals surface area contributed by atoms with E-state index in [2.05, 4.69) is 28.2 Å². The highest BCUT2D eigenvalue weighted by Gasteiger charge is 2.28. The zero-order valence-electron chi connectivity index (χ0n) is 14.3. The van der Waals surface area contributed by atoms with Crippen LogP contribution in [0.5, 0.6) is 0 Å². The van der Waals surface area contributed by atoms with Crippen molar-refractivity contribution in [3.63, 3.8) is 0 Å². The minimum atomic E-state index is -0.370. The topological polar surface area (TPSA) is 86.4 Å². The van der Waals surface area contributed by atoms with Crippen LogP contribution in [0, 0.1) is 13.8 Å². The summed E-state index contributed by atoms with van der Waals surface area (Å²) in [6.07, 6.45) is 2.34. The van der Waals surface area contributed by atoms with Gasteiger partial charge in [0.2, 0.25) is 5.91 Å². The van der Waals surface area contributed by atoms with Gasteiger partial charge in [-0.2, -0.15) is 0 Å². The molecule has 0 saturated carbocycles. The van der Waals surface area contributed by atoms with Crippen LogP contribution in [0.4, 0.5) is 0 Å². The highest BCUT2D eigenvalue weighted by molar-refractivity contribution is 5.95. The van der Waals surface area contributed by atoms with Crippen molar-refractivity contribution in [3.05, 3.63) is 63.3 Å². The number of H-pyrrole nitrogens is 1. The Morgan fingerprint density at radius 3 is 2.48 bits per heavy atom. The van der Waals surface area contributed by atoms with Crippen molar-refractivity contribution in [2.24, 2.45) is 0 Å². The number of aromatic nitrogens is 2. The van der Waals surface area contributed by atoms with Crippen molar-refractivity contribution in [3.8, 4) is 0 Å². The summed E-state index contributed by atoms with van der Waals surface area (Å²) in [5, 5.41) is 0. The molecule has 1 aliphatic rings. The molecule has 0 unspecified atom stereocenters. The maximum absolute atomic E-state index is 12.4. The first-order chi connectivity index (χ1) is 11.9. The van der Waals surface area contributed by atoms with Crippen LogP contribution in [0.15, 0.2) is 35.4 Å². The Morgan fingerprint density at radius 2 is 1.88 bits per heavy atom. The number of piperazine rings is 1. The van der Waals surface area contributed by atoms with Crippen LogP contribution in [0.3, 0.4) is 0 Å². The minimum Gasteiger partial charge on any atom is -0.335 e. The third-order valence-electron chi connectivity index (χ3n) is 4.15. The SMILES string of the molecule is Cc1cc(C)cc(CN2CCN(C(=O)c3c[nH]c(=O)cn3)CC2=O)c1. The highest BCUT2D eigenvalue weighted by Crippen LogP contribution is 2.14. The van der Waals surface area contributed by atoms with Gasteiger partial charge in [0.25, 0.3) is 11.5 Å². The third-order valence-corrected chi connectivity index (χ3v) is 4.15. The van der Waals surface area contributed by atoms with Crippen molar-refractivity contribution >= 4 is 11.8 Å². The summed E-state index contributed by atoms with van der Waals surface area (Å²) in [6, 6.07) is 6.24. The lowest BCUT2D eigenvalue weighted by Gasteiger charge is -2.34. The van der Waals surface area contributed by atoms with E-state index in [-0.39, 0.29) is 29.6 Å². The molecule has 2 heterocycles. The normalized spacial score (nSPS) is 14.7. The Hall–Kier alpha value is -2.96. The third kappa shape index (κ3) is 3.93. The van der Waals surface area contributed by atoms with E-state index in [4.69, 9.17) is 0 Å². The molecule has 0 radical (unpaired) electrons. The second kappa shape index (κ2) is 6.88. The number of nitrogens with zero attached hydrogens (tertiary/aromatic N) is 3. The van der Waals surface area contributed by atoms with Gasteiger partial charge in [0.05, 0.1) is 6.20 Å². The van der Waals surface area contributed by atoms with Crippen LogP contribution in [0.25, 0.3) is 0 Å². The quantitative estimate of drug-likeness (QED) is 0.898. The van der Waals surface area contributed by atoms with Gasteiger partial charge >= 0.3 is 0 Å². The maximum atomic E-state index is 12.4. The first-order valence-corrected chi connectivity index (χ1v) is 8.11. The first kappa shape index (κ1) is 16.9. The number of aromatic amines is 1. The number of aryl methyl sites for hydroxylation is 2. The molecule has 130 valence electrons. The molecule has 1 aliphatic heterocycles. The number of rotatable bonds is 3. The van der Waals surface area contributed by atoms with E-state index in [1.54, 1.807) is 4.90 Å². The summed E-state index contributed by atoms with van der Waals surface area (Å²) in [5.74, 6) is -0.446. The number of carbonyl (C=O) groups is 2. The molecular weight excluding hydrogens is 320 g/mol. The maximum Gasteiger partial charge on any atom is 0.274 e. The molecule has 1 fully saturated rings. The van der Waals surface area contributed by atoms with Gasteiger partial charge in [-0.1, -0.05) is 29.3 Å². The minimum absolute atomic E-state index is 0.0183. The molecule has 0 spiro atoms. The van der Waals surface area contributed by atoms with E-state index in [1.165, 1.54) is 22.2 Å². The molecular formula is C18H20N4O3. The van der Waals surface area contributed by atoms with Crippen molar-refractivity contribution in [2.75, 3.05) is 19.6 Å². The predicted octanol–water partition coefficient (Wildman–Crippen LogP) is 0.871. The predicted molar refractivity (Wildman–Crippen MR) is 92.1 cm³/mol. The van der Waals surface area contributed by atoms with Gasteiger partial charge in [-0.05, 0) is 19.4 Å². The lowest BCUT2D eigenvalue weighted by atomic mass is 10.1. The average Bonchev–Trinajstić information content (AvgIpc) is 2.56. The Bertz CT molecular complexity index is 834. The van der Waals surface area contributed by atoms with Gasteiger partial charge in [0.1, 0.15) is 12.2 Å². The van der Waals surface area contributed by atoms with E-state index in [1.807, 2.05) is 13.8 Å². The fourth-order valence-corrected chi connectivity index (χ4v) is 3.05. The summed E-state index contributed by atoms with van der Waals surface area (Å²) in [6.45, 7) is 5.54. The molecule has 0 atom stereocenters. The Balaban J connectivity index is 1.66. The zero-order chi connectivity index (χ0) is 18.0. The lowest BCUT2D eigenvalue weighted by molar-refractivity contribution is -0.135. The zero-order valence-corrected chi connectivity index (χ0v) is 14.3. The second-order valence-electron chi connectivity index (χ2n) is 6.33. The highest BCUT2D eigenvalue weighted by atomic mass is 16.2. The number of hydrogen-bond acceptors (Lipinski definition) is 4. The summed E-state index contributed by atoms with van der Waals surface area (Å²) < 4.78 is 0. The largest absolute Gasteiger partial charge is 0.335 e. The smallest absolute Gasteiger partial charge is 0.274 e. The number of hydrogen-bond donors (Lipinski definition) is 1. The standard InChI is InChI=1S/C18H20N4O3/c1-12-5-13(2)7-14(6-12)10-21-3-4-22(11-17(21)24)18(25)15-8-20-16(23)9-19-15/h5-9H,3-4,10-11H2,1-2H3,(H,20,23). The van der Waals surface area contributed by atoms with Gasteiger partial charge in [-0.3, -0.25) is 14.4 Å². The molecule has 1 N–H and O–H groups in total. The van der Waals surface area contributed by atoms with Crippen molar-refractivity contribution in [1.29, 1.82) is 0 Å². The molecule has 2 aromatic rings. The molecule has 1 aromatic carbocycles. The van der Waals surface area contributed by atoms with E-state index in [0.717, 1.165) is 11.8 Å². The lowest BCUT2D eigenvalue weighted by Crippen LogP contribution is -2.52. The van der Waals surface area contributed by atoms with Gasteiger partial charge in [-0.25, -0.2) is 4.98 Å². The van der Waals surface area contributed by atoms with Crippen LogP contribution < -0.4 is 5.56 Å². The Kier molecular flexibility index (Phi) is 4.65. The molecule has 7 nitrogen and oxygen atoms in total. The molecule has 2 amide bonds. The molecule has 25 heavy (non-hydrogen) atoms. The van der Waals surface area contributed by atoms with Crippen LogP contribution in [-0.4, -0.2) is 51.2 Å². The summed E-state index contributed by atoms with van der Waals surface area (Å²) in [4.78, 5) is 45.3. The van der Waals surface area contributed by atoms with Crippen molar-refractivity contribution in [2.45, 2.75) is 20.4 Å².